The largest absolute Gasteiger partial charge is 0.467 e. The summed E-state index contributed by atoms with van der Waals surface area (Å²) in [5.41, 5.74) is 5.73. The fraction of sp³-hybridized carbons (Fsp3) is 0.556. The van der Waals surface area contributed by atoms with Gasteiger partial charge in [0.05, 0.1) is 6.26 Å². The molecule has 3 nitrogen and oxygen atoms in total. The van der Waals surface area contributed by atoms with Crippen molar-refractivity contribution >= 4 is 0 Å². The molecule has 3 heteroatoms. The van der Waals surface area contributed by atoms with Crippen molar-refractivity contribution in [3.05, 3.63) is 24.2 Å². The molecule has 1 atom stereocenters. The molecule has 1 unspecified atom stereocenters. The molecular formula is C9H13NO2. The van der Waals surface area contributed by atoms with Crippen LogP contribution in [0.15, 0.2) is 22.8 Å². The van der Waals surface area contributed by atoms with Gasteiger partial charge < -0.3 is 15.3 Å². The van der Waals surface area contributed by atoms with Crippen molar-refractivity contribution in [2.24, 2.45) is 5.73 Å². The maximum absolute atomic E-state index is 9.61. The van der Waals surface area contributed by atoms with Crippen LogP contribution in [0.3, 0.4) is 0 Å². The standard InChI is InChI=1S/C9H13NO2/c10-9(3-4-9)6-7(11)8-2-1-5-12-8/h1-2,5,7,11H,3-4,6,10H2. The van der Waals surface area contributed by atoms with Gasteiger partial charge in [-0.15, -0.1) is 0 Å². The Morgan fingerprint density at radius 3 is 2.92 bits per heavy atom. The van der Waals surface area contributed by atoms with Crippen LogP contribution < -0.4 is 5.73 Å². The maximum atomic E-state index is 9.61. The van der Waals surface area contributed by atoms with Gasteiger partial charge in [0, 0.05) is 5.54 Å². The van der Waals surface area contributed by atoms with E-state index in [9.17, 15) is 5.11 Å². The number of aliphatic hydroxyl groups is 1. The van der Waals surface area contributed by atoms with Crippen molar-refractivity contribution in [1.82, 2.24) is 0 Å². The van der Waals surface area contributed by atoms with Gasteiger partial charge in [-0.3, -0.25) is 0 Å². The van der Waals surface area contributed by atoms with E-state index in [4.69, 9.17) is 10.2 Å². The molecule has 1 fully saturated rings. The fourth-order valence-corrected chi connectivity index (χ4v) is 1.33. The minimum atomic E-state index is -0.535. The smallest absolute Gasteiger partial charge is 0.132 e. The molecule has 0 spiro atoms. The highest BCUT2D eigenvalue weighted by atomic mass is 16.4. The van der Waals surface area contributed by atoms with E-state index in [-0.39, 0.29) is 5.54 Å². The second kappa shape index (κ2) is 2.61. The van der Waals surface area contributed by atoms with Gasteiger partial charge in [-0.2, -0.15) is 0 Å². The molecule has 2 rings (SSSR count). The first kappa shape index (κ1) is 7.83. The van der Waals surface area contributed by atoms with Gasteiger partial charge in [-0.05, 0) is 31.4 Å². The summed E-state index contributed by atoms with van der Waals surface area (Å²) in [6.07, 6.45) is 3.68. The van der Waals surface area contributed by atoms with Crippen molar-refractivity contribution in [3.63, 3.8) is 0 Å². The molecule has 66 valence electrons. The second-order valence-corrected chi connectivity index (χ2v) is 3.60. The van der Waals surface area contributed by atoms with E-state index in [0.717, 1.165) is 12.8 Å². The molecular weight excluding hydrogens is 154 g/mol. The van der Waals surface area contributed by atoms with Crippen LogP contribution in [0.5, 0.6) is 0 Å². The van der Waals surface area contributed by atoms with Crippen molar-refractivity contribution in [1.29, 1.82) is 0 Å². The highest BCUT2D eigenvalue weighted by Crippen LogP contribution is 2.40. The molecule has 12 heavy (non-hydrogen) atoms. The summed E-state index contributed by atoms with van der Waals surface area (Å²) in [6.45, 7) is 0. The third-order valence-corrected chi connectivity index (χ3v) is 2.36. The Balaban J connectivity index is 1.97. The first-order chi connectivity index (χ1) is 5.70. The van der Waals surface area contributed by atoms with E-state index in [2.05, 4.69) is 0 Å². The second-order valence-electron chi connectivity index (χ2n) is 3.60. The lowest BCUT2D eigenvalue weighted by molar-refractivity contribution is 0.129. The fourth-order valence-electron chi connectivity index (χ4n) is 1.33. The number of furan rings is 1. The zero-order chi connectivity index (χ0) is 8.60. The Bertz CT molecular complexity index is 252. The number of aliphatic hydroxyl groups excluding tert-OH is 1. The highest BCUT2D eigenvalue weighted by molar-refractivity contribution is 5.07. The predicted molar refractivity (Wildman–Crippen MR) is 44.4 cm³/mol. The molecule has 0 amide bonds. The molecule has 0 radical (unpaired) electrons. The van der Waals surface area contributed by atoms with Crippen molar-refractivity contribution in [2.75, 3.05) is 0 Å². The van der Waals surface area contributed by atoms with E-state index in [1.165, 1.54) is 0 Å². The number of rotatable bonds is 3. The number of nitrogens with two attached hydrogens (primary N) is 1. The summed E-state index contributed by atoms with van der Waals surface area (Å²) < 4.78 is 5.06. The Hall–Kier alpha value is -0.800. The molecule has 0 aliphatic heterocycles. The van der Waals surface area contributed by atoms with Gasteiger partial charge in [-0.1, -0.05) is 0 Å². The molecule has 1 aromatic heterocycles. The molecule has 1 aliphatic carbocycles. The van der Waals surface area contributed by atoms with Gasteiger partial charge in [0.15, 0.2) is 0 Å². The maximum Gasteiger partial charge on any atom is 0.132 e. The van der Waals surface area contributed by atoms with Crippen LogP contribution in [-0.4, -0.2) is 10.6 Å². The first-order valence-corrected chi connectivity index (χ1v) is 4.20. The van der Waals surface area contributed by atoms with Crippen LogP contribution in [0.2, 0.25) is 0 Å². The quantitative estimate of drug-likeness (QED) is 0.711. The predicted octanol–water partition coefficient (Wildman–Crippen LogP) is 1.19. The summed E-state index contributed by atoms with van der Waals surface area (Å²) in [5.74, 6) is 0.617. The van der Waals surface area contributed by atoms with E-state index in [0.29, 0.717) is 12.2 Å². The van der Waals surface area contributed by atoms with E-state index < -0.39 is 6.10 Å². The van der Waals surface area contributed by atoms with Gasteiger partial charge in [0.2, 0.25) is 0 Å². The van der Waals surface area contributed by atoms with Gasteiger partial charge in [0.1, 0.15) is 11.9 Å². The molecule has 0 saturated heterocycles. The summed E-state index contributed by atoms with van der Waals surface area (Å²) in [6, 6.07) is 3.55. The SMILES string of the molecule is NC1(CC(O)c2ccco2)CC1. The van der Waals surface area contributed by atoms with Crippen molar-refractivity contribution in [2.45, 2.75) is 30.9 Å². The minimum Gasteiger partial charge on any atom is -0.467 e. The van der Waals surface area contributed by atoms with Gasteiger partial charge in [0.25, 0.3) is 0 Å². The van der Waals surface area contributed by atoms with Crippen LogP contribution >= 0.6 is 0 Å². The van der Waals surface area contributed by atoms with Crippen LogP contribution in [0.1, 0.15) is 31.1 Å². The molecule has 0 aromatic carbocycles. The molecule has 1 heterocycles. The molecule has 0 bridgehead atoms. The number of hydrogen-bond donors (Lipinski definition) is 2. The average molecular weight is 167 g/mol. The third kappa shape index (κ3) is 1.52. The lowest BCUT2D eigenvalue weighted by Crippen LogP contribution is -2.24. The Morgan fingerprint density at radius 1 is 1.67 bits per heavy atom. The zero-order valence-corrected chi connectivity index (χ0v) is 6.86. The molecule has 1 aliphatic rings. The first-order valence-electron chi connectivity index (χ1n) is 4.20. The molecule has 1 saturated carbocycles. The highest BCUT2D eigenvalue weighted by Gasteiger charge is 2.40. The third-order valence-electron chi connectivity index (χ3n) is 2.36. The number of hydrogen-bond acceptors (Lipinski definition) is 3. The van der Waals surface area contributed by atoms with Crippen LogP contribution in [-0.2, 0) is 0 Å². The molecule has 1 aromatic rings. The summed E-state index contributed by atoms with van der Waals surface area (Å²) >= 11 is 0. The minimum absolute atomic E-state index is 0.119. The molecule has 3 N–H and O–H groups in total. The van der Waals surface area contributed by atoms with Crippen molar-refractivity contribution < 1.29 is 9.52 Å². The Labute approximate surface area is 71.2 Å². The Morgan fingerprint density at radius 2 is 2.42 bits per heavy atom. The Kier molecular flexibility index (Phi) is 1.70. The normalized spacial score (nSPS) is 22.2. The van der Waals surface area contributed by atoms with E-state index in [1.54, 1.807) is 18.4 Å². The summed E-state index contributed by atoms with van der Waals surface area (Å²) in [5, 5.41) is 9.61. The van der Waals surface area contributed by atoms with Crippen LogP contribution in [0.4, 0.5) is 0 Å². The average Bonchev–Trinajstić information content (AvgIpc) is 2.55. The monoisotopic (exact) mass is 167 g/mol. The lowest BCUT2D eigenvalue weighted by atomic mass is 10.1. The van der Waals surface area contributed by atoms with Gasteiger partial charge >= 0.3 is 0 Å². The summed E-state index contributed by atoms with van der Waals surface area (Å²) in [4.78, 5) is 0. The van der Waals surface area contributed by atoms with Gasteiger partial charge in [-0.25, -0.2) is 0 Å². The lowest BCUT2D eigenvalue weighted by Gasteiger charge is -2.12. The van der Waals surface area contributed by atoms with Crippen LogP contribution in [0.25, 0.3) is 0 Å². The van der Waals surface area contributed by atoms with E-state index >= 15 is 0 Å². The van der Waals surface area contributed by atoms with E-state index in [1.807, 2.05) is 0 Å². The summed E-state index contributed by atoms with van der Waals surface area (Å²) in [7, 11) is 0. The van der Waals surface area contributed by atoms with Crippen LogP contribution in [0, 0.1) is 0 Å². The van der Waals surface area contributed by atoms with Crippen molar-refractivity contribution in [3.8, 4) is 0 Å². The zero-order valence-electron chi connectivity index (χ0n) is 6.86. The topological polar surface area (TPSA) is 59.4 Å².